The number of carbonyl (C=O) groups excluding carboxylic acids is 1. The van der Waals surface area contributed by atoms with E-state index in [-0.39, 0.29) is 5.91 Å². The van der Waals surface area contributed by atoms with E-state index in [9.17, 15) is 4.79 Å². The van der Waals surface area contributed by atoms with E-state index >= 15 is 0 Å². The summed E-state index contributed by atoms with van der Waals surface area (Å²) in [7, 11) is 0. The lowest BCUT2D eigenvalue weighted by molar-refractivity contribution is -0.126. The first-order valence-electron chi connectivity index (χ1n) is 7.06. The van der Waals surface area contributed by atoms with Crippen molar-refractivity contribution in [2.24, 2.45) is 0 Å². The highest BCUT2D eigenvalue weighted by molar-refractivity contribution is 5.82. The minimum absolute atomic E-state index is 0.111. The van der Waals surface area contributed by atoms with Crippen LogP contribution in [0.25, 0.3) is 0 Å². The van der Waals surface area contributed by atoms with Crippen molar-refractivity contribution in [3.05, 3.63) is 84.2 Å². The van der Waals surface area contributed by atoms with Crippen LogP contribution in [0.15, 0.2) is 73.1 Å². The maximum absolute atomic E-state index is 12.2. The summed E-state index contributed by atoms with van der Waals surface area (Å²) in [6.07, 6.45) is 0. The van der Waals surface area contributed by atoms with Gasteiger partial charge in [-0.05, 0) is 11.1 Å². The first-order chi connectivity index (χ1) is 10.2. The number of carbonyl (C=O) groups is 1. The van der Waals surface area contributed by atoms with E-state index in [0.29, 0.717) is 13.1 Å². The van der Waals surface area contributed by atoms with Gasteiger partial charge in [0.05, 0.1) is 13.1 Å². The summed E-state index contributed by atoms with van der Waals surface area (Å²) in [6, 6.07) is 20.2. The number of hydrogen-bond acceptors (Lipinski definition) is 2. The molecule has 0 aliphatic carbocycles. The molecule has 0 N–H and O–H groups in total. The maximum atomic E-state index is 12.2. The molecule has 0 bridgehead atoms. The van der Waals surface area contributed by atoms with E-state index in [1.807, 2.05) is 53.4 Å². The Kier molecular flexibility index (Phi) is 3.73. The molecule has 1 aliphatic rings. The molecule has 1 fully saturated rings. The van der Waals surface area contributed by atoms with E-state index in [0.717, 1.165) is 17.9 Å². The lowest BCUT2D eigenvalue weighted by Crippen LogP contribution is -2.24. The van der Waals surface area contributed by atoms with Gasteiger partial charge in [0.25, 0.3) is 0 Å². The van der Waals surface area contributed by atoms with Crippen LogP contribution < -0.4 is 0 Å². The van der Waals surface area contributed by atoms with Gasteiger partial charge in [-0.3, -0.25) is 9.69 Å². The molecule has 0 spiro atoms. The average Bonchev–Trinajstić information content (AvgIpc) is 2.77. The van der Waals surface area contributed by atoms with Crippen molar-refractivity contribution in [3.63, 3.8) is 0 Å². The molecular weight excluding hydrogens is 260 g/mol. The Labute approximate surface area is 125 Å². The zero-order valence-corrected chi connectivity index (χ0v) is 11.9. The van der Waals surface area contributed by atoms with Crippen LogP contribution in [0.4, 0.5) is 0 Å². The smallest absolute Gasteiger partial charge is 0.247 e. The molecular formula is C18H18N2O. The summed E-state index contributed by atoms with van der Waals surface area (Å²) in [4.78, 5) is 16.0. The van der Waals surface area contributed by atoms with Gasteiger partial charge in [0.15, 0.2) is 0 Å². The topological polar surface area (TPSA) is 23.6 Å². The number of rotatable bonds is 4. The van der Waals surface area contributed by atoms with Crippen LogP contribution in [0.2, 0.25) is 0 Å². The summed E-state index contributed by atoms with van der Waals surface area (Å²) in [6.45, 7) is 5.80. The molecule has 1 saturated heterocycles. The summed E-state index contributed by atoms with van der Waals surface area (Å²) < 4.78 is 0. The number of nitrogens with zero attached hydrogens (tertiary/aromatic N) is 2. The summed E-state index contributed by atoms with van der Waals surface area (Å²) >= 11 is 0. The van der Waals surface area contributed by atoms with Gasteiger partial charge >= 0.3 is 0 Å². The fourth-order valence-corrected chi connectivity index (χ4v) is 2.55. The predicted molar refractivity (Wildman–Crippen MR) is 83.0 cm³/mol. The molecule has 3 rings (SSSR count). The number of benzene rings is 2. The Bertz CT molecular complexity index is 637. The SMILES string of the molecule is C=C1N(Cc2ccccc2)CC(=O)N1Cc1ccccc1. The molecule has 2 aromatic rings. The zero-order chi connectivity index (χ0) is 14.7. The third kappa shape index (κ3) is 2.97. The second-order valence-electron chi connectivity index (χ2n) is 5.22. The standard InChI is InChI=1S/C18H18N2O/c1-15-19(12-16-8-4-2-5-9-16)14-18(21)20(15)13-17-10-6-3-7-11-17/h2-11H,1,12-14H2. The molecule has 3 heteroatoms. The molecule has 0 aromatic heterocycles. The molecule has 1 aliphatic heterocycles. The summed E-state index contributed by atoms with van der Waals surface area (Å²) in [5, 5.41) is 0. The molecule has 0 atom stereocenters. The molecule has 0 saturated carbocycles. The van der Waals surface area contributed by atoms with Gasteiger partial charge in [0.1, 0.15) is 5.82 Å². The largest absolute Gasteiger partial charge is 0.345 e. The highest BCUT2D eigenvalue weighted by atomic mass is 16.2. The second kappa shape index (κ2) is 5.83. The lowest BCUT2D eigenvalue weighted by atomic mass is 10.2. The highest BCUT2D eigenvalue weighted by Crippen LogP contribution is 2.22. The number of amides is 1. The van der Waals surface area contributed by atoms with Gasteiger partial charge in [-0.2, -0.15) is 0 Å². The van der Waals surface area contributed by atoms with Crippen LogP contribution in [0.1, 0.15) is 11.1 Å². The van der Waals surface area contributed by atoms with Gasteiger partial charge in [0.2, 0.25) is 5.91 Å². The summed E-state index contributed by atoms with van der Waals surface area (Å²) in [5.41, 5.74) is 2.31. The fourth-order valence-electron chi connectivity index (χ4n) is 2.55. The van der Waals surface area contributed by atoms with Crippen LogP contribution in [-0.2, 0) is 17.9 Å². The molecule has 0 radical (unpaired) electrons. The second-order valence-corrected chi connectivity index (χ2v) is 5.22. The van der Waals surface area contributed by atoms with Crippen molar-refractivity contribution in [3.8, 4) is 0 Å². The zero-order valence-electron chi connectivity index (χ0n) is 11.9. The van der Waals surface area contributed by atoms with Crippen LogP contribution in [0, 0.1) is 0 Å². The van der Waals surface area contributed by atoms with E-state index in [1.165, 1.54) is 5.56 Å². The van der Waals surface area contributed by atoms with E-state index in [2.05, 4.69) is 18.7 Å². The fraction of sp³-hybridized carbons (Fsp3) is 0.167. The predicted octanol–water partition coefficient (Wildman–Crippen LogP) is 3.00. The highest BCUT2D eigenvalue weighted by Gasteiger charge is 2.30. The molecule has 21 heavy (non-hydrogen) atoms. The number of hydrogen-bond donors (Lipinski definition) is 0. The van der Waals surface area contributed by atoms with Crippen LogP contribution >= 0.6 is 0 Å². The van der Waals surface area contributed by atoms with Crippen LogP contribution in [0.5, 0.6) is 0 Å². The van der Waals surface area contributed by atoms with Crippen molar-refractivity contribution in [1.82, 2.24) is 9.80 Å². The average molecular weight is 278 g/mol. The van der Waals surface area contributed by atoms with Gasteiger partial charge in [0, 0.05) is 6.54 Å². The van der Waals surface area contributed by atoms with E-state index in [4.69, 9.17) is 0 Å². The van der Waals surface area contributed by atoms with Crippen molar-refractivity contribution >= 4 is 5.91 Å². The Balaban J connectivity index is 1.70. The molecule has 0 unspecified atom stereocenters. The molecule has 3 nitrogen and oxygen atoms in total. The third-order valence-electron chi connectivity index (χ3n) is 3.70. The normalized spacial score (nSPS) is 14.9. The van der Waals surface area contributed by atoms with Gasteiger partial charge in [-0.1, -0.05) is 67.2 Å². The Hall–Kier alpha value is -2.55. The maximum Gasteiger partial charge on any atom is 0.247 e. The van der Waals surface area contributed by atoms with Crippen molar-refractivity contribution in [1.29, 1.82) is 0 Å². The Morgan fingerprint density at radius 3 is 1.95 bits per heavy atom. The minimum Gasteiger partial charge on any atom is -0.345 e. The van der Waals surface area contributed by atoms with Crippen molar-refractivity contribution < 1.29 is 4.79 Å². The van der Waals surface area contributed by atoms with E-state index < -0.39 is 0 Å². The van der Waals surface area contributed by atoms with E-state index in [1.54, 1.807) is 4.90 Å². The van der Waals surface area contributed by atoms with Crippen molar-refractivity contribution in [2.45, 2.75) is 13.1 Å². The molecule has 2 aromatic carbocycles. The monoisotopic (exact) mass is 278 g/mol. The van der Waals surface area contributed by atoms with Crippen LogP contribution in [-0.4, -0.2) is 22.3 Å². The Morgan fingerprint density at radius 2 is 1.38 bits per heavy atom. The summed E-state index contributed by atoms with van der Waals surface area (Å²) in [5.74, 6) is 0.896. The van der Waals surface area contributed by atoms with Crippen LogP contribution in [0.3, 0.4) is 0 Å². The van der Waals surface area contributed by atoms with Gasteiger partial charge in [-0.15, -0.1) is 0 Å². The first-order valence-corrected chi connectivity index (χ1v) is 7.06. The molecule has 1 heterocycles. The van der Waals surface area contributed by atoms with Crippen molar-refractivity contribution in [2.75, 3.05) is 6.54 Å². The minimum atomic E-state index is 0.111. The van der Waals surface area contributed by atoms with Gasteiger partial charge in [-0.25, -0.2) is 0 Å². The molecule has 106 valence electrons. The lowest BCUT2D eigenvalue weighted by Gasteiger charge is -2.22. The third-order valence-corrected chi connectivity index (χ3v) is 3.70. The van der Waals surface area contributed by atoms with Gasteiger partial charge < -0.3 is 4.90 Å². The Morgan fingerprint density at radius 1 is 0.857 bits per heavy atom. The molecule has 1 amide bonds. The quantitative estimate of drug-likeness (QED) is 0.858. The first kappa shape index (κ1) is 13.4.